The normalized spacial score (nSPS) is 16.7. The Labute approximate surface area is 234 Å². The van der Waals surface area contributed by atoms with Crippen LogP contribution in [0, 0.1) is 0 Å². The molecule has 6 rings (SSSR count). The molecule has 0 saturated carbocycles. The van der Waals surface area contributed by atoms with Crippen molar-refractivity contribution in [2.45, 2.75) is 12.1 Å². The summed E-state index contributed by atoms with van der Waals surface area (Å²) >= 11 is 5.94. The van der Waals surface area contributed by atoms with Gasteiger partial charge in [0.25, 0.3) is 0 Å². The SMILES string of the molecule is CN(C)c1ccc(-n2cccc2[C@H]2[C@H](c3ccccn3)NC(=S)N2c2ccc(Oc3ccccc3)cc2)cc1. The van der Waals surface area contributed by atoms with Crippen molar-refractivity contribution in [2.75, 3.05) is 23.9 Å². The molecule has 1 saturated heterocycles. The highest BCUT2D eigenvalue weighted by molar-refractivity contribution is 7.80. The zero-order chi connectivity index (χ0) is 26.8. The predicted octanol–water partition coefficient (Wildman–Crippen LogP) is 6.91. The lowest BCUT2D eigenvalue weighted by molar-refractivity contribution is 0.482. The van der Waals surface area contributed by atoms with E-state index in [0.29, 0.717) is 5.11 Å². The molecule has 6 nitrogen and oxygen atoms in total. The van der Waals surface area contributed by atoms with Gasteiger partial charge in [-0.25, -0.2) is 0 Å². The summed E-state index contributed by atoms with van der Waals surface area (Å²) in [7, 11) is 4.10. The highest BCUT2D eigenvalue weighted by Gasteiger charge is 2.42. The van der Waals surface area contributed by atoms with E-state index in [2.05, 4.69) is 74.4 Å². The fourth-order valence-electron chi connectivity index (χ4n) is 5.01. The number of rotatable bonds is 7. The Morgan fingerprint density at radius 2 is 1.46 bits per heavy atom. The van der Waals surface area contributed by atoms with Gasteiger partial charge >= 0.3 is 0 Å². The number of para-hydroxylation sites is 1. The predicted molar refractivity (Wildman–Crippen MR) is 161 cm³/mol. The lowest BCUT2D eigenvalue weighted by atomic mass is 10.0. The minimum absolute atomic E-state index is 0.128. The molecule has 39 heavy (non-hydrogen) atoms. The number of hydrogen-bond donors (Lipinski definition) is 1. The Hall–Kier alpha value is -4.62. The maximum absolute atomic E-state index is 6.03. The Morgan fingerprint density at radius 3 is 2.15 bits per heavy atom. The highest BCUT2D eigenvalue weighted by atomic mass is 32.1. The van der Waals surface area contributed by atoms with Crippen LogP contribution in [-0.2, 0) is 0 Å². The molecule has 1 N–H and O–H groups in total. The van der Waals surface area contributed by atoms with Gasteiger partial charge in [0.2, 0.25) is 0 Å². The molecule has 0 unspecified atom stereocenters. The summed E-state index contributed by atoms with van der Waals surface area (Å²) in [6.07, 6.45) is 3.93. The monoisotopic (exact) mass is 531 g/mol. The van der Waals surface area contributed by atoms with Crippen LogP contribution in [0.2, 0.25) is 0 Å². The van der Waals surface area contributed by atoms with Crippen LogP contribution in [0.5, 0.6) is 11.5 Å². The van der Waals surface area contributed by atoms with E-state index >= 15 is 0 Å². The Bertz CT molecular complexity index is 1550. The molecule has 0 aliphatic carbocycles. The van der Waals surface area contributed by atoms with Crippen LogP contribution in [0.1, 0.15) is 23.5 Å². The van der Waals surface area contributed by atoms with Crippen molar-refractivity contribution >= 4 is 28.7 Å². The minimum atomic E-state index is -0.131. The number of nitrogens with one attached hydrogen (secondary N) is 1. The molecule has 2 aromatic heterocycles. The Balaban J connectivity index is 1.39. The zero-order valence-electron chi connectivity index (χ0n) is 21.8. The molecule has 0 radical (unpaired) electrons. The average Bonchev–Trinajstić information content (AvgIpc) is 3.59. The van der Waals surface area contributed by atoms with Crippen LogP contribution in [0.15, 0.2) is 122 Å². The van der Waals surface area contributed by atoms with E-state index in [4.69, 9.17) is 21.9 Å². The van der Waals surface area contributed by atoms with Gasteiger partial charge < -0.3 is 24.4 Å². The average molecular weight is 532 g/mol. The van der Waals surface area contributed by atoms with E-state index in [-0.39, 0.29) is 12.1 Å². The summed E-state index contributed by atoms with van der Waals surface area (Å²) in [6.45, 7) is 0. The van der Waals surface area contributed by atoms with Crippen molar-refractivity contribution in [3.8, 4) is 17.2 Å². The number of ether oxygens (including phenoxy) is 1. The first-order chi connectivity index (χ1) is 19.1. The van der Waals surface area contributed by atoms with Crippen LogP contribution in [0.25, 0.3) is 5.69 Å². The highest BCUT2D eigenvalue weighted by Crippen LogP contribution is 2.42. The van der Waals surface area contributed by atoms with Gasteiger partial charge in [-0.15, -0.1) is 0 Å². The topological polar surface area (TPSA) is 45.6 Å². The molecule has 0 amide bonds. The van der Waals surface area contributed by atoms with Gasteiger partial charge in [-0.1, -0.05) is 24.3 Å². The van der Waals surface area contributed by atoms with E-state index in [1.807, 2.05) is 81.0 Å². The van der Waals surface area contributed by atoms with E-state index in [9.17, 15) is 0 Å². The molecule has 1 aliphatic heterocycles. The summed E-state index contributed by atoms with van der Waals surface area (Å²) in [5.74, 6) is 1.57. The molecule has 1 aliphatic rings. The number of pyridine rings is 1. The first-order valence-electron chi connectivity index (χ1n) is 12.9. The molecule has 0 spiro atoms. The van der Waals surface area contributed by atoms with E-state index in [0.717, 1.165) is 39.9 Å². The third kappa shape index (κ3) is 4.96. The quantitative estimate of drug-likeness (QED) is 0.230. The second-order valence-corrected chi connectivity index (χ2v) is 10.0. The lowest BCUT2D eigenvalue weighted by Crippen LogP contribution is -2.30. The molecule has 194 valence electrons. The summed E-state index contributed by atoms with van der Waals surface area (Å²) < 4.78 is 8.26. The van der Waals surface area contributed by atoms with Crippen LogP contribution in [0.4, 0.5) is 11.4 Å². The maximum Gasteiger partial charge on any atom is 0.174 e. The zero-order valence-corrected chi connectivity index (χ0v) is 22.6. The minimum Gasteiger partial charge on any atom is -0.457 e. The number of thiocarbonyl (C=S) groups is 1. The maximum atomic E-state index is 6.03. The van der Waals surface area contributed by atoms with Crippen LogP contribution in [-0.4, -0.2) is 28.8 Å². The fraction of sp³-hybridized carbons (Fsp3) is 0.125. The molecular weight excluding hydrogens is 502 g/mol. The summed E-state index contributed by atoms with van der Waals surface area (Å²) in [4.78, 5) is 8.98. The van der Waals surface area contributed by atoms with Gasteiger partial charge in [-0.2, -0.15) is 0 Å². The summed E-state index contributed by atoms with van der Waals surface area (Å²) in [5.41, 5.74) is 5.27. The Morgan fingerprint density at radius 1 is 0.769 bits per heavy atom. The number of aromatic nitrogens is 2. The third-order valence-corrected chi connectivity index (χ3v) is 7.23. The van der Waals surface area contributed by atoms with Gasteiger partial charge in [0, 0.05) is 49.2 Å². The van der Waals surface area contributed by atoms with Gasteiger partial charge in [-0.05, 0) is 97.1 Å². The third-order valence-electron chi connectivity index (χ3n) is 6.92. The summed E-state index contributed by atoms with van der Waals surface area (Å²) in [5, 5.41) is 4.21. The Kier molecular flexibility index (Phi) is 6.73. The van der Waals surface area contributed by atoms with Gasteiger partial charge in [-0.3, -0.25) is 4.98 Å². The molecule has 3 heterocycles. The van der Waals surface area contributed by atoms with Crippen LogP contribution >= 0.6 is 12.2 Å². The molecule has 0 bridgehead atoms. The standard InChI is InChI=1S/C32H29N5OS/c1-35(2)23-13-15-24(16-14-23)36-22-8-12-29(36)31-30(28-11-6-7-21-33-28)34-32(39)37(31)25-17-19-27(20-18-25)38-26-9-4-3-5-10-26/h3-22,30-31H,1-2H3,(H,34,39)/t30-,31-/m0/s1. The van der Waals surface area contributed by atoms with Crippen molar-refractivity contribution in [3.05, 3.63) is 133 Å². The number of nitrogens with zero attached hydrogens (tertiary/aromatic N) is 4. The molecule has 5 aromatic rings. The van der Waals surface area contributed by atoms with E-state index in [1.54, 1.807) is 0 Å². The second kappa shape index (κ2) is 10.6. The number of anilines is 2. The van der Waals surface area contributed by atoms with Gasteiger partial charge in [0.05, 0.1) is 11.7 Å². The largest absolute Gasteiger partial charge is 0.457 e. The number of benzene rings is 3. The molecular formula is C32H29N5OS. The fourth-order valence-corrected chi connectivity index (χ4v) is 5.36. The molecule has 7 heteroatoms. The van der Waals surface area contributed by atoms with Crippen molar-refractivity contribution in [1.82, 2.24) is 14.9 Å². The van der Waals surface area contributed by atoms with E-state index < -0.39 is 0 Å². The lowest BCUT2D eigenvalue weighted by Gasteiger charge is -2.29. The van der Waals surface area contributed by atoms with E-state index in [1.165, 1.54) is 0 Å². The molecule has 3 aromatic carbocycles. The summed E-state index contributed by atoms with van der Waals surface area (Å²) in [6, 6.07) is 36.4. The van der Waals surface area contributed by atoms with Crippen LogP contribution in [0.3, 0.4) is 0 Å². The number of hydrogen-bond acceptors (Lipinski definition) is 4. The molecule has 2 atom stereocenters. The first kappa shape index (κ1) is 24.7. The van der Waals surface area contributed by atoms with Crippen molar-refractivity contribution in [2.24, 2.45) is 0 Å². The smallest absolute Gasteiger partial charge is 0.174 e. The van der Waals surface area contributed by atoms with Crippen LogP contribution < -0.4 is 19.9 Å². The van der Waals surface area contributed by atoms with Crippen molar-refractivity contribution in [3.63, 3.8) is 0 Å². The molecule has 1 fully saturated rings. The second-order valence-electron chi connectivity index (χ2n) is 9.62. The van der Waals surface area contributed by atoms with Gasteiger partial charge in [0.1, 0.15) is 17.5 Å². The first-order valence-corrected chi connectivity index (χ1v) is 13.3. The van der Waals surface area contributed by atoms with Gasteiger partial charge in [0.15, 0.2) is 5.11 Å². The van der Waals surface area contributed by atoms with Crippen molar-refractivity contribution < 1.29 is 4.74 Å². The van der Waals surface area contributed by atoms with Crippen molar-refractivity contribution in [1.29, 1.82) is 0 Å².